The van der Waals surface area contributed by atoms with Gasteiger partial charge in [-0.15, -0.1) is 0 Å². The highest BCUT2D eigenvalue weighted by Gasteiger charge is 2.36. The third-order valence-electron chi connectivity index (χ3n) is 4.06. The van der Waals surface area contributed by atoms with Crippen molar-refractivity contribution in [2.75, 3.05) is 13.1 Å². The van der Waals surface area contributed by atoms with E-state index in [1.807, 2.05) is 0 Å². The maximum Gasteiger partial charge on any atom is 0.387 e. The van der Waals surface area contributed by atoms with Gasteiger partial charge in [-0.2, -0.15) is 8.78 Å². The largest absolute Gasteiger partial charge is 0.435 e. The second kappa shape index (κ2) is 7.94. The predicted octanol–water partition coefficient (Wildman–Crippen LogP) is 2.24. The summed E-state index contributed by atoms with van der Waals surface area (Å²) in [5.74, 6) is -1.37. The fourth-order valence-corrected chi connectivity index (χ4v) is 2.77. The molecule has 140 valence electrons. The fraction of sp³-hybridized carbons (Fsp3) is 0.211. The first kappa shape index (κ1) is 18.5. The van der Waals surface area contributed by atoms with Crippen LogP contribution in [0.1, 0.15) is 26.3 Å². The molecule has 0 spiro atoms. The van der Waals surface area contributed by atoms with Gasteiger partial charge >= 0.3 is 6.61 Å². The molecule has 1 aliphatic rings. The quantitative estimate of drug-likeness (QED) is 0.755. The Balaban J connectivity index is 1.48. The van der Waals surface area contributed by atoms with E-state index in [4.69, 9.17) is 0 Å². The maximum absolute atomic E-state index is 12.2. The molecule has 0 aromatic heterocycles. The van der Waals surface area contributed by atoms with Crippen molar-refractivity contribution in [1.82, 2.24) is 10.2 Å². The number of amides is 3. The molecular formula is C19H16F2N2O4. The van der Waals surface area contributed by atoms with Gasteiger partial charge in [-0.25, -0.2) is 0 Å². The zero-order chi connectivity index (χ0) is 19.4. The number of nitrogens with one attached hydrogen (secondary N) is 1. The highest BCUT2D eigenvalue weighted by molar-refractivity contribution is 6.22. The van der Waals surface area contributed by atoms with Crippen molar-refractivity contribution < 1.29 is 27.9 Å². The van der Waals surface area contributed by atoms with Gasteiger partial charge in [0.1, 0.15) is 12.3 Å². The number of halogens is 2. The zero-order valence-corrected chi connectivity index (χ0v) is 14.2. The summed E-state index contributed by atoms with van der Waals surface area (Å²) in [6.45, 7) is -2.96. The van der Waals surface area contributed by atoms with Crippen LogP contribution in [0.4, 0.5) is 8.78 Å². The lowest BCUT2D eigenvalue weighted by atomic mass is 10.1. The molecule has 0 saturated heterocycles. The monoisotopic (exact) mass is 374 g/mol. The van der Waals surface area contributed by atoms with Crippen LogP contribution in [0, 0.1) is 0 Å². The third-order valence-corrected chi connectivity index (χ3v) is 4.06. The highest BCUT2D eigenvalue weighted by atomic mass is 19.3. The number of hydrogen-bond acceptors (Lipinski definition) is 4. The van der Waals surface area contributed by atoms with E-state index in [2.05, 4.69) is 10.1 Å². The molecule has 0 unspecified atom stereocenters. The van der Waals surface area contributed by atoms with Gasteiger partial charge in [0.05, 0.1) is 11.1 Å². The van der Waals surface area contributed by atoms with Gasteiger partial charge in [0, 0.05) is 6.54 Å². The SMILES string of the molecule is O=C(CN1C(=O)c2ccccc2C1=O)NCCc1ccc(OC(F)F)cc1. The Morgan fingerprint density at radius 1 is 1.00 bits per heavy atom. The molecular weight excluding hydrogens is 358 g/mol. The molecule has 2 aromatic rings. The fourth-order valence-electron chi connectivity index (χ4n) is 2.77. The number of benzene rings is 2. The average Bonchev–Trinajstić information content (AvgIpc) is 2.88. The predicted molar refractivity (Wildman–Crippen MR) is 91.6 cm³/mol. The number of rotatable bonds is 7. The summed E-state index contributed by atoms with van der Waals surface area (Å²) < 4.78 is 28.5. The van der Waals surface area contributed by atoms with Gasteiger partial charge in [-0.05, 0) is 36.2 Å². The van der Waals surface area contributed by atoms with Crippen LogP contribution in [0.2, 0.25) is 0 Å². The molecule has 3 rings (SSSR count). The van der Waals surface area contributed by atoms with E-state index in [1.54, 1.807) is 36.4 Å². The molecule has 8 heteroatoms. The Morgan fingerprint density at radius 2 is 1.59 bits per heavy atom. The standard InChI is InChI=1S/C19H16F2N2O4/c20-19(21)27-13-7-5-12(6-8-13)9-10-22-16(24)11-23-17(25)14-3-1-2-4-15(14)18(23)26/h1-8,19H,9-11H2,(H,22,24). The average molecular weight is 374 g/mol. The molecule has 1 aliphatic heterocycles. The van der Waals surface area contributed by atoms with Crippen molar-refractivity contribution in [2.45, 2.75) is 13.0 Å². The van der Waals surface area contributed by atoms with Gasteiger partial charge in [0.2, 0.25) is 5.91 Å². The van der Waals surface area contributed by atoms with E-state index < -0.39 is 24.3 Å². The van der Waals surface area contributed by atoms with Gasteiger partial charge in [-0.3, -0.25) is 19.3 Å². The summed E-state index contributed by atoms with van der Waals surface area (Å²) in [6.07, 6.45) is 0.461. The second-order valence-corrected chi connectivity index (χ2v) is 5.86. The van der Waals surface area contributed by atoms with Crippen molar-refractivity contribution in [3.63, 3.8) is 0 Å². The molecule has 6 nitrogen and oxygen atoms in total. The Labute approximate surface area is 153 Å². The van der Waals surface area contributed by atoms with Crippen molar-refractivity contribution in [3.8, 4) is 5.75 Å². The number of nitrogens with zero attached hydrogens (tertiary/aromatic N) is 1. The van der Waals surface area contributed by atoms with Crippen molar-refractivity contribution in [3.05, 3.63) is 65.2 Å². The zero-order valence-electron chi connectivity index (χ0n) is 14.2. The summed E-state index contributed by atoms with van der Waals surface area (Å²) in [4.78, 5) is 37.4. The number of imide groups is 1. The van der Waals surface area contributed by atoms with Crippen LogP contribution >= 0.6 is 0 Å². The number of carbonyl (C=O) groups excluding carboxylic acids is 3. The van der Waals surface area contributed by atoms with Crippen molar-refractivity contribution in [2.24, 2.45) is 0 Å². The molecule has 0 aliphatic carbocycles. The lowest BCUT2D eigenvalue weighted by Gasteiger charge is -2.13. The first-order chi connectivity index (χ1) is 13.0. The maximum atomic E-state index is 12.2. The Bertz CT molecular complexity index is 833. The molecule has 0 atom stereocenters. The van der Waals surface area contributed by atoms with Crippen LogP contribution in [-0.4, -0.2) is 42.3 Å². The molecule has 0 bridgehead atoms. The second-order valence-electron chi connectivity index (χ2n) is 5.86. The summed E-state index contributed by atoms with van der Waals surface area (Å²) >= 11 is 0. The molecule has 1 N–H and O–H groups in total. The number of hydrogen-bond donors (Lipinski definition) is 1. The highest BCUT2D eigenvalue weighted by Crippen LogP contribution is 2.21. The van der Waals surface area contributed by atoms with Crippen molar-refractivity contribution in [1.29, 1.82) is 0 Å². The van der Waals surface area contributed by atoms with Crippen molar-refractivity contribution >= 4 is 17.7 Å². The van der Waals surface area contributed by atoms with Crippen LogP contribution in [0.3, 0.4) is 0 Å². The van der Waals surface area contributed by atoms with Gasteiger partial charge in [-0.1, -0.05) is 24.3 Å². The molecule has 3 amide bonds. The number of ether oxygens (including phenoxy) is 1. The third kappa shape index (κ3) is 4.28. The first-order valence-corrected chi connectivity index (χ1v) is 8.21. The number of alkyl halides is 2. The van der Waals surface area contributed by atoms with Gasteiger partial charge in [0.25, 0.3) is 11.8 Å². The molecule has 0 fully saturated rings. The molecule has 27 heavy (non-hydrogen) atoms. The Kier molecular flexibility index (Phi) is 5.44. The van der Waals surface area contributed by atoms with E-state index in [0.717, 1.165) is 10.5 Å². The molecule has 0 saturated carbocycles. The Hall–Kier alpha value is -3.29. The minimum Gasteiger partial charge on any atom is -0.435 e. The van der Waals surface area contributed by atoms with Crippen LogP contribution in [0.5, 0.6) is 5.75 Å². The van der Waals surface area contributed by atoms with Gasteiger partial charge in [0.15, 0.2) is 0 Å². The first-order valence-electron chi connectivity index (χ1n) is 8.21. The lowest BCUT2D eigenvalue weighted by Crippen LogP contribution is -2.40. The minimum absolute atomic E-state index is 0.0587. The summed E-state index contributed by atoms with van der Waals surface area (Å²) in [5.41, 5.74) is 1.40. The smallest absolute Gasteiger partial charge is 0.387 e. The van der Waals surface area contributed by atoms with E-state index in [-0.39, 0.29) is 18.8 Å². The number of carbonyl (C=O) groups is 3. The summed E-state index contributed by atoms with van der Waals surface area (Å²) in [7, 11) is 0. The molecule has 0 radical (unpaired) electrons. The minimum atomic E-state index is -2.88. The molecule has 1 heterocycles. The van der Waals surface area contributed by atoms with Crippen LogP contribution in [0.25, 0.3) is 0 Å². The Morgan fingerprint density at radius 3 is 2.15 bits per heavy atom. The summed E-state index contributed by atoms with van der Waals surface area (Å²) in [6, 6.07) is 12.5. The number of fused-ring (bicyclic) bond motifs is 1. The summed E-state index contributed by atoms with van der Waals surface area (Å²) in [5, 5.41) is 2.64. The van der Waals surface area contributed by atoms with E-state index in [1.165, 1.54) is 12.1 Å². The van der Waals surface area contributed by atoms with Crippen LogP contribution in [-0.2, 0) is 11.2 Å². The topological polar surface area (TPSA) is 75.7 Å². The van der Waals surface area contributed by atoms with E-state index in [9.17, 15) is 23.2 Å². The van der Waals surface area contributed by atoms with Crippen LogP contribution in [0.15, 0.2) is 48.5 Å². The normalized spacial score (nSPS) is 13.1. The van der Waals surface area contributed by atoms with Crippen LogP contribution < -0.4 is 10.1 Å². The molecule has 2 aromatic carbocycles. The lowest BCUT2D eigenvalue weighted by molar-refractivity contribution is -0.121. The van der Waals surface area contributed by atoms with E-state index >= 15 is 0 Å². The van der Waals surface area contributed by atoms with Gasteiger partial charge < -0.3 is 10.1 Å². The van der Waals surface area contributed by atoms with E-state index in [0.29, 0.717) is 17.5 Å².